The molecule has 0 spiro atoms. The Bertz CT molecular complexity index is 118. The van der Waals surface area contributed by atoms with Crippen LogP contribution in [-0.2, 0) is 4.79 Å². The standard InChI is InChI=1S/C6H10BrNO.H3N/c7-3-5-8-4-1-2-6(8)9;/h1-5H2;1H3. The molecule has 1 rings (SSSR count). The lowest BCUT2D eigenvalue weighted by molar-refractivity contribution is -0.127. The van der Waals surface area contributed by atoms with Crippen LogP contribution in [0.4, 0.5) is 0 Å². The van der Waals surface area contributed by atoms with E-state index in [1.807, 2.05) is 4.90 Å². The number of carbonyl (C=O) groups is 1. The summed E-state index contributed by atoms with van der Waals surface area (Å²) >= 11 is 3.29. The molecule has 3 N–H and O–H groups in total. The summed E-state index contributed by atoms with van der Waals surface area (Å²) in [6.07, 6.45) is 1.80. The molecule has 0 unspecified atom stereocenters. The predicted molar refractivity (Wildman–Crippen MR) is 44.6 cm³/mol. The van der Waals surface area contributed by atoms with Gasteiger partial charge in [0, 0.05) is 24.8 Å². The number of amides is 1. The van der Waals surface area contributed by atoms with Gasteiger partial charge >= 0.3 is 0 Å². The van der Waals surface area contributed by atoms with E-state index in [0.29, 0.717) is 5.91 Å². The molecule has 0 aromatic heterocycles. The van der Waals surface area contributed by atoms with Gasteiger partial charge in [0.2, 0.25) is 5.91 Å². The summed E-state index contributed by atoms with van der Waals surface area (Å²) in [5.74, 6) is 0.314. The van der Waals surface area contributed by atoms with E-state index in [1.165, 1.54) is 0 Å². The van der Waals surface area contributed by atoms with Crippen molar-refractivity contribution in [3.63, 3.8) is 0 Å². The first-order valence-corrected chi connectivity index (χ1v) is 4.30. The second-order valence-electron chi connectivity index (χ2n) is 2.17. The maximum atomic E-state index is 10.9. The Morgan fingerprint density at radius 3 is 2.70 bits per heavy atom. The molecular weight excluding hydrogens is 196 g/mol. The third-order valence-corrected chi connectivity index (χ3v) is 1.88. The van der Waals surface area contributed by atoms with Crippen LogP contribution in [-0.4, -0.2) is 29.2 Å². The highest BCUT2D eigenvalue weighted by molar-refractivity contribution is 9.09. The molecule has 0 radical (unpaired) electrons. The number of carbonyl (C=O) groups excluding carboxylic acids is 1. The first kappa shape index (κ1) is 9.91. The van der Waals surface area contributed by atoms with Crippen LogP contribution in [0.1, 0.15) is 12.8 Å². The Morgan fingerprint density at radius 2 is 2.30 bits per heavy atom. The Morgan fingerprint density at radius 1 is 1.60 bits per heavy atom. The lowest BCUT2D eigenvalue weighted by atomic mass is 10.4. The minimum Gasteiger partial charge on any atom is -0.344 e. The largest absolute Gasteiger partial charge is 0.344 e. The molecule has 1 amide bonds. The number of alkyl halides is 1. The number of hydrogen-bond acceptors (Lipinski definition) is 2. The summed E-state index contributed by atoms with van der Waals surface area (Å²) in [5.41, 5.74) is 0. The van der Waals surface area contributed by atoms with Crippen LogP contribution in [0, 0.1) is 0 Å². The van der Waals surface area contributed by atoms with Crippen molar-refractivity contribution in [2.45, 2.75) is 12.8 Å². The Hall–Kier alpha value is -0.0900. The quantitative estimate of drug-likeness (QED) is 0.694. The lowest BCUT2D eigenvalue weighted by Crippen LogP contribution is -2.26. The zero-order valence-electron chi connectivity index (χ0n) is 5.98. The zero-order valence-corrected chi connectivity index (χ0v) is 7.56. The smallest absolute Gasteiger partial charge is 0.222 e. The van der Waals surface area contributed by atoms with Gasteiger partial charge in [0.25, 0.3) is 0 Å². The molecule has 0 aromatic carbocycles. The van der Waals surface area contributed by atoms with Crippen LogP contribution in [0.15, 0.2) is 0 Å². The Labute approximate surface area is 69.5 Å². The second-order valence-corrected chi connectivity index (χ2v) is 2.97. The average molecular weight is 209 g/mol. The first-order chi connectivity index (χ1) is 4.34. The number of rotatable bonds is 2. The van der Waals surface area contributed by atoms with E-state index < -0.39 is 0 Å². The van der Waals surface area contributed by atoms with E-state index in [-0.39, 0.29) is 6.15 Å². The number of hydrogen-bond donors (Lipinski definition) is 1. The van der Waals surface area contributed by atoms with Crippen LogP contribution >= 0.6 is 15.9 Å². The number of halogens is 1. The van der Waals surface area contributed by atoms with Gasteiger partial charge in [-0.3, -0.25) is 4.79 Å². The molecule has 0 atom stereocenters. The Balaban J connectivity index is 0.000000810. The van der Waals surface area contributed by atoms with E-state index in [1.54, 1.807) is 0 Å². The van der Waals surface area contributed by atoms with Crippen LogP contribution < -0.4 is 6.15 Å². The second kappa shape index (κ2) is 4.68. The van der Waals surface area contributed by atoms with Crippen LogP contribution in [0.5, 0.6) is 0 Å². The van der Waals surface area contributed by atoms with Crippen molar-refractivity contribution in [1.82, 2.24) is 11.1 Å². The van der Waals surface area contributed by atoms with Crippen LogP contribution in [0.25, 0.3) is 0 Å². The normalized spacial score (nSPS) is 17.3. The summed E-state index contributed by atoms with van der Waals surface area (Å²) < 4.78 is 0. The molecule has 1 aliphatic rings. The molecule has 3 nitrogen and oxygen atoms in total. The van der Waals surface area contributed by atoms with Crippen molar-refractivity contribution < 1.29 is 4.79 Å². The predicted octanol–water partition coefficient (Wildman–Crippen LogP) is 1.17. The molecule has 0 aliphatic carbocycles. The monoisotopic (exact) mass is 208 g/mol. The van der Waals surface area contributed by atoms with Gasteiger partial charge in [0.05, 0.1) is 0 Å². The lowest BCUT2D eigenvalue weighted by Gasteiger charge is -2.11. The zero-order chi connectivity index (χ0) is 6.69. The highest BCUT2D eigenvalue weighted by atomic mass is 79.9. The molecule has 1 saturated heterocycles. The van der Waals surface area contributed by atoms with Crippen molar-refractivity contribution in [2.75, 3.05) is 18.4 Å². The summed E-state index contributed by atoms with van der Waals surface area (Å²) in [6, 6.07) is 0. The number of nitrogens with zero attached hydrogens (tertiary/aromatic N) is 1. The number of likely N-dealkylation sites (tertiary alicyclic amines) is 1. The van der Waals surface area contributed by atoms with E-state index in [4.69, 9.17) is 0 Å². The summed E-state index contributed by atoms with van der Waals surface area (Å²) in [5, 5.41) is 0.902. The van der Waals surface area contributed by atoms with Gasteiger partial charge in [-0.2, -0.15) is 0 Å². The first-order valence-electron chi connectivity index (χ1n) is 3.18. The summed E-state index contributed by atoms with van der Waals surface area (Å²) in [4.78, 5) is 12.8. The summed E-state index contributed by atoms with van der Waals surface area (Å²) in [7, 11) is 0. The molecule has 0 bridgehead atoms. The van der Waals surface area contributed by atoms with E-state index in [9.17, 15) is 4.79 Å². The van der Waals surface area contributed by atoms with Gasteiger partial charge in [-0.25, -0.2) is 0 Å². The van der Waals surface area contributed by atoms with Crippen molar-refractivity contribution >= 4 is 21.8 Å². The average Bonchev–Trinajstić information content (AvgIpc) is 2.18. The maximum Gasteiger partial charge on any atom is 0.222 e. The minimum absolute atomic E-state index is 0. The molecule has 1 fully saturated rings. The van der Waals surface area contributed by atoms with Crippen molar-refractivity contribution in [1.29, 1.82) is 0 Å². The van der Waals surface area contributed by atoms with Gasteiger partial charge in [-0.1, -0.05) is 15.9 Å². The maximum absolute atomic E-state index is 10.9. The SMILES string of the molecule is N.O=C1CCCN1CCBr. The molecule has 4 heteroatoms. The molecular formula is C6H13BrN2O. The van der Waals surface area contributed by atoms with Gasteiger partial charge in [-0.15, -0.1) is 0 Å². The Kier molecular flexibility index (Phi) is 4.64. The summed E-state index contributed by atoms with van der Waals surface area (Å²) in [6.45, 7) is 1.84. The molecule has 0 saturated carbocycles. The molecule has 1 heterocycles. The van der Waals surface area contributed by atoms with E-state index in [2.05, 4.69) is 15.9 Å². The van der Waals surface area contributed by atoms with E-state index >= 15 is 0 Å². The fourth-order valence-electron chi connectivity index (χ4n) is 1.04. The van der Waals surface area contributed by atoms with Gasteiger partial charge in [0.15, 0.2) is 0 Å². The minimum atomic E-state index is 0. The highest BCUT2D eigenvalue weighted by Gasteiger charge is 2.18. The van der Waals surface area contributed by atoms with Crippen molar-refractivity contribution in [3.8, 4) is 0 Å². The molecule has 10 heavy (non-hydrogen) atoms. The highest BCUT2D eigenvalue weighted by Crippen LogP contribution is 2.08. The third-order valence-electron chi connectivity index (χ3n) is 1.53. The third kappa shape index (κ3) is 2.27. The van der Waals surface area contributed by atoms with Gasteiger partial charge in [-0.05, 0) is 6.42 Å². The van der Waals surface area contributed by atoms with Crippen LogP contribution in [0.2, 0.25) is 0 Å². The van der Waals surface area contributed by atoms with Crippen molar-refractivity contribution in [2.24, 2.45) is 0 Å². The van der Waals surface area contributed by atoms with Gasteiger partial charge < -0.3 is 11.1 Å². The molecule has 0 aromatic rings. The fraction of sp³-hybridized carbons (Fsp3) is 0.833. The van der Waals surface area contributed by atoms with E-state index in [0.717, 1.165) is 31.3 Å². The molecule has 1 aliphatic heterocycles. The molecule has 60 valence electrons. The van der Waals surface area contributed by atoms with Crippen molar-refractivity contribution in [3.05, 3.63) is 0 Å². The topological polar surface area (TPSA) is 55.3 Å². The fourth-order valence-corrected chi connectivity index (χ4v) is 1.47. The van der Waals surface area contributed by atoms with Gasteiger partial charge in [0.1, 0.15) is 0 Å². The van der Waals surface area contributed by atoms with Crippen LogP contribution in [0.3, 0.4) is 0 Å².